The topological polar surface area (TPSA) is 56.6 Å². The molecule has 1 amide bonds. The lowest BCUT2D eigenvalue weighted by Crippen LogP contribution is -2.49. The van der Waals surface area contributed by atoms with Gasteiger partial charge in [0.1, 0.15) is 17.1 Å². The molecule has 30 heavy (non-hydrogen) atoms. The van der Waals surface area contributed by atoms with Crippen molar-refractivity contribution in [1.82, 2.24) is 14.7 Å². The Morgan fingerprint density at radius 3 is 2.67 bits per heavy atom. The largest absolute Gasteiger partial charge is 0.496 e. The van der Waals surface area contributed by atoms with Crippen molar-refractivity contribution in [2.45, 2.75) is 25.4 Å². The molecule has 0 bridgehead atoms. The van der Waals surface area contributed by atoms with E-state index in [-0.39, 0.29) is 5.91 Å². The average molecular weight is 403 g/mol. The van der Waals surface area contributed by atoms with Crippen molar-refractivity contribution in [2.24, 2.45) is 7.05 Å². The fourth-order valence-corrected chi connectivity index (χ4v) is 4.74. The fourth-order valence-electron chi connectivity index (χ4n) is 4.74. The standard InChI is InChI=1S/C24H25N3O3/c1-16-14-17(8-9-20(16)29-3)23(28)27-12-10-24(11-13-27)19-15-25-26(2)22(19)18-6-4-5-7-21(18)30-24/h4-9,14-15H,10-13H2,1-3H3. The quantitative estimate of drug-likeness (QED) is 0.651. The molecule has 0 radical (unpaired) electrons. The summed E-state index contributed by atoms with van der Waals surface area (Å²) in [5.41, 5.74) is 4.53. The van der Waals surface area contributed by atoms with E-state index in [1.807, 2.05) is 66.1 Å². The summed E-state index contributed by atoms with van der Waals surface area (Å²) in [5, 5.41) is 4.52. The van der Waals surface area contributed by atoms with Gasteiger partial charge in [0.25, 0.3) is 5.91 Å². The highest BCUT2D eigenvalue weighted by atomic mass is 16.5. The van der Waals surface area contributed by atoms with E-state index in [4.69, 9.17) is 9.47 Å². The molecular weight excluding hydrogens is 378 g/mol. The molecule has 2 aromatic carbocycles. The number of hydrogen-bond acceptors (Lipinski definition) is 4. The Morgan fingerprint density at radius 1 is 1.17 bits per heavy atom. The number of nitrogens with zero attached hydrogens (tertiary/aromatic N) is 3. The Kier molecular flexibility index (Phi) is 4.31. The first-order valence-corrected chi connectivity index (χ1v) is 10.3. The molecule has 1 saturated heterocycles. The van der Waals surface area contributed by atoms with Gasteiger partial charge in [-0.05, 0) is 42.8 Å². The number of hydrogen-bond donors (Lipinski definition) is 0. The monoisotopic (exact) mass is 403 g/mol. The van der Waals surface area contributed by atoms with Crippen LogP contribution in [0, 0.1) is 6.92 Å². The normalized spacial score (nSPS) is 16.6. The molecule has 0 saturated carbocycles. The van der Waals surface area contributed by atoms with E-state index >= 15 is 0 Å². The third kappa shape index (κ3) is 2.78. The summed E-state index contributed by atoms with van der Waals surface area (Å²) in [6.07, 6.45) is 3.40. The number of aryl methyl sites for hydroxylation is 2. The molecule has 154 valence electrons. The van der Waals surface area contributed by atoms with Crippen LogP contribution in [-0.4, -0.2) is 40.8 Å². The van der Waals surface area contributed by atoms with Crippen molar-refractivity contribution < 1.29 is 14.3 Å². The van der Waals surface area contributed by atoms with Gasteiger partial charge < -0.3 is 14.4 Å². The number of carbonyl (C=O) groups is 1. The number of rotatable bonds is 2. The maximum atomic E-state index is 13.1. The van der Waals surface area contributed by atoms with Gasteiger partial charge in [0.2, 0.25) is 0 Å². The zero-order valence-electron chi connectivity index (χ0n) is 17.5. The molecule has 0 unspecified atom stereocenters. The van der Waals surface area contributed by atoms with Crippen LogP contribution in [0.2, 0.25) is 0 Å². The van der Waals surface area contributed by atoms with Gasteiger partial charge in [0.05, 0.1) is 19.0 Å². The minimum absolute atomic E-state index is 0.0539. The molecule has 1 fully saturated rings. The van der Waals surface area contributed by atoms with E-state index in [1.54, 1.807) is 7.11 Å². The lowest BCUT2D eigenvalue weighted by Gasteiger charge is -2.44. The van der Waals surface area contributed by atoms with Crippen molar-refractivity contribution in [3.8, 4) is 22.8 Å². The van der Waals surface area contributed by atoms with Gasteiger partial charge in [-0.1, -0.05) is 12.1 Å². The van der Waals surface area contributed by atoms with E-state index in [0.29, 0.717) is 18.7 Å². The predicted octanol–water partition coefficient (Wildman–Crippen LogP) is 3.93. The van der Waals surface area contributed by atoms with Gasteiger partial charge in [-0.2, -0.15) is 5.10 Å². The number of methoxy groups -OCH3 is 1. The molecule has 2 aliphatic heterocycles. The van der Waals surface area contributed by atoms with Crippen LogP contribution in [0.3, 0.4) is 0 Å². The lowest BCUT2D eigenvalue weighted by atomic mass is 9.81. The Labute approximate surface area is 176 Å². The Hall–Kier alpha value is -3.28. The van der Waals surface area contributed by atoms with Crippen molar-refractivity contribution in [1.29, 1.82) is 0 Å². The number of aromatic nitrogens is 2. The lowest BCUT2D eigenvalue weighted by molar-refractivity contribution is -0.00172. The number of para-hydroxylation sites is 1. The van der Waals surface area contributed by atoms with Crippen molar-refractivity contribution >= 4 is 5.91 Å². The molecule has 3 heterocycles. The molecule has 2 aliphatic rings. The van der Waals surface area contributed by atoms with E-state index in [9.17, 15) is 4.79 Å². The molecule has 0 aliphatic carbocycles. The SMILES string of the molecule is COc1ccc(C(=O)N2CCC3(CC2)Oc2ccccc2-c2c3cnn2C)cc1C. The van der Waals surface area contributed by atoms with Crippen LogP contribution in [0.25, 0.3) is 11.3 Å². The highest BCUT2D eigenvalue weighted by molar-refractivity contribution is 5.94. The predicted molar refractivity (Wildman–Crippen MR) is 114 cm³/mol. The summed E-state index contributed by atoms with van der Waals surface area (Å²) >= 11 is 0. The van der Waals surface area contributed by atoms with Crippen LogP contribution in [-0.2, 0) is 12.6 Å². The van der Waals surface area contributed by atoms with Crippen molar-refractivity contribution in [2.75, 3.05) is 20.2 Å². The maximum Gasteiger partial charge on any atom is 0.253 e. The van der Waals surface area contributed by atoms with E-state index in [1.165, 1.54) is 0 Å². The first-order valence-electron chi connectivity index (χ1n) is 10.3. The summed E-state index contributed by atoms with van der Waals surface area (Å²) in [4.78, 5) is 15.0. The Balaban J connectivity index is 1.41. The first-order chi connectivity index (χ1) is 14.5. The fraction of sp³-hybridized carbons (Fsp3) is 0.333. The molecule has 6 nitrogen and oxygen atoms in total. The number of carbonyl (C=O) groups excluding carboxylic acids is 1. The third-order valence-electron chi connectivity index (χ3n) is 6.38. The molecule has 5 rings (SSSR count). The Morgan fingerprint density at radius 2 is 1.93 bits per heavy atom. The third-order valence-corrected chi connectivity index (χ3v) is 6.38. The van der Waals surface area contributed by atoms with Crippen LogP contribution in [0.5, 0.6) is 11.5 Å². The van der Waals surface area contributed by atoms with Crippen molar-refractivity contribution in [3.63, 3.8) is 0 Å². The average Bonchev–Trinajstić information content (AvgIpc) is 3.17. The summed E-state index contributed by atoms with van der Waals surface area (Å²) < 4.78 is 13.8. The smallest absolute Gasteiger partial charge is 0.253 e. The molecule has 3 aromatic rings. The van der Waals surface area contributed by atoms with Gasteiger partial charge in [0, 0.05) is 49.7 Å². The van der Waals surface area contributed by atoms with Gasteiger partial charge in [-0.3, -0.25) is 9.48 Å². The van der Waals surface area contributed by atoms with Crippen LogP contribution in [0.4, 0.5) is 0 Å². The molecule has 1 spiro atoms. The second-order valence-electron chi connectivity index (χ2n) is 8.10. The summed E-state index contributed by atoms with van der Waals surface area (Å²) in [6.45, 7) is 3.23. The molecule has 0 N–H and O–H groups in total. The van der Waals surface area contributed by atoms with E-state index < -0.39 is 5.60 Å². The minimum atomic E-state index is -0.440. The van der Waals surface area contributed by atoms with Crippen molar-refractivity contribution in [3.05, 3.63) is 65.4 Å². The maximum absolute atomic E-state index is 13.1. The van der Waals surface area contributed by atoms with Gasteiger partial charge in [-0.25, -0.2) is 0 Å². The van der Waals surface area contributed by atoms with Gasteiger partial charge in [-0.15, -0.1) is 0 Å². The zero-order valence-corrected chi connectivity index (χ0v) is 17.5. The van der Waals surface area contributed by atoms with Gasteiger partial charge in [0.15, 0.2) is 0 Å². The molecule has 1 aromatic heterocycles. The minimum Gasteiger partial charge on any atom is -0.496 e. The zero-order chi connectivity index (χ0) is 20.9. The summed E-state index contributed by atoms with van der Waals surface area (Å²) in [6, 6.07) is 13.7. The Bertz CT molecular complexity index is 1130. The van der Waals surface area contributed by atoms with Crippen LogP contribution in [0.15, 0.2) is 48.7 Å². The summed E-state index contributed by atoms with van der Waals surface area (Å²) in [7, 11) is 3.61. The highest BCUT2D eigenvalue weighted by Crippen LogP contribution is 2.49. The van der Waals surface area contributed by atoms with Crippen LogP contribution >= 0.6 is 0 Å². The molecular formula is C24H25N3O3. The molecule has 6 heteroatoms. The van der Waals surface area contributed by atoms with Crippen LogP contribution in [0.1, 0.15) is 34.3 Å². The highest BCUT2D eigenvalue weighted by Gasteiger charge is 2.45. The van der Waals surface area contributed by atoms with Gasteiger partial charge >= 0.3 is 0 Å². The van der Waals surface area contributed by atoms with E-state index in [0.717, 1.165) is 46.7 Å². The van der Waals surface area contributed by atoms with E-state index in [2.05, 4.69) is 11.2 Å². The number of benzene rings is 2. The number of ether oxygens (including phenoxy) is 2. The summed E-state index contributed by atoms with van der Waals surface area (Å²) in [5.74, 6) is 1.74. The number of likely N-dealkylation sites (tertiary alicyclic amines) is 1. The first kappa shape index (κ1) is 18.7. The van der Waals surface area contributed by atoms with Crippen LogP contribution < -0.4 is 9.47 Å². The second kappa shape index (κ2) is 6.90. The second-order valence-corrected chi connectivity index (χ2v) is 8.10. The number of piperidine rings is 1. The number of amides is 1. The molecule has 0 atom stereocenters. The number of fused-ring (bicyclic) bond motifs is 4.